The Balaban J connectivity index is 0.00000205. The summed E-state index contributed by atoms with van der Waals surface area (Å²) in [4.78, 5) is 21.9. The molecule has 7 rings (SSSR count). The molecular weight excluding hydrogens is 636 g/mol. The molecule has 4 N–H and O–H groups in total. The molecule has 0 aliphatic heterocycles. The first kappa shape index (κ1) is 33.7. The highest BCUT2D eigenvalue weighted by Crippen LogP contribution is 2.43. The molecule has 3 aromatic carbocycles. The van der Waals surface area contributed by atoms with Gasteiger partial charge in [-0.1, -0.05) is 48.0 Å². The van der Waals surface area contributed by atoms with Crippen molar-refractivity contribution in [3.8, 4) is 17.6 Å². The van der Waals surface area contributed by atoms with Crippen LogP contribution in [0.25, 0.3) is 10.9 Å². The second-order valence-electron chi connectivity index (χ2n) is 12.4. The number of aryl methyl sites for hydroxylation is 1. The molecule has 5 aromatic rings. The molecule has 0 saturated heterocycles. The van der Waals surface area contributed by atoms with Crippen molar-refractivity contribution >= 4 is 45.5 Å². The SMILES string of the molecule is CN.Cc1cccnc1COc1ccc(Nc2c(C#N)cnc3cc(OCC4CC(c5ccccc5)C4)c(NC(=O)C4CC4)cc23)c(Cl)c1. The Morgan fingerprint density at radius 3 is 2.51 bits per heavy atom. The Morgan fingerprint density at radius 2 is 1.80 bits per heavy atom. The molecule has 2 aliphatic carbocycles. The summed E-state index contributed by atoms with van der Waals surface area (Å²) in [7, 11) is 1.50. The lowest BCUT2D eigenvalue weighted by atomic mass is 9.72. The minimum absolute atomic E-state index is 0.0131. The van der Waals surface area contributed by atoms with Crippen molar-refractivity contribution in [1.29, 1.82) is 5.26 Å². The lowest BCUT2D eigenvalue weighted by molar-refractivity contribution is -0.117. The summed E-state index contributed by atoms with van der Waals surface area (Å²) in [6, 6.07) is 25.7. The maximum Gasteiger partial charge on any atom is 0.227 e. The second-order valence-corrected chi connectivity index (χ2v) is 12.8. The van der Waals surface area contributed by atoms with Gasteiger partial charge in [0.25, 0.3) is 0 Å². The first-order valence-corrected chi connectivity index (χ1v) is 16.9. The fourth-order valence-electron chi connectivity index (χ4n) is 5.96. The van der Waals surface area contributed by atoms with Gasteiger partial charge in [0, 0.05) is 35.8 Å². The largest absolute Gasteiger partial charge is 0.491 e. The van der Waals surface area contributed by atoms with Crippen molar-refractivity contribution in [2.45, 2.75) is 45.1 Å². The number of benzene rings is 3. The molecule has 250 valence electrons. The van der Waals surface area contributed by atoms with Gasteiger partial charge < -0.3 is 25.8 Å². The summed E-state index contributed by atoms with van der Waals surface area (Å²) in [5.41, 5.74) is 10.4. The van der Waals surface area contributed by atoms with Crippen molar-refractivity contribution in [3.63, 3.8) is 0 Å². The molecule has 2 aromatic heterocycles. The molecular formula is C39H39ClN6O3. The van der Waals surface area contributed by atoms with E-state index in [9.17, 15) is 10.1 Å². The van der Waals surface area contributed by atoms with E-state index in [0.717, 1.165) is 36.9 Å². The Morgan fingerprint density at radius 1 is 1.00 bits per heavy atom. The van der Waals surface area contributed by atoms with E-state index >= 15 is 0 Å². The number of nitrogens with two attached hydrogens (primary N) is 1. The summed E-state index contributed by atoms with van der Waals surface area (Å²) < 4.78 is 12.3. The van der Waals surface area contributed by atoms with Crippen LogP contribution in [-0.2, 0) is 11.4 Å². The number of pyridine rings is 2. The molecule has 0 atom stereocenters. The highest BCUT2D eigenvalue weighted by molar-refractivity contribution is 6.33. The number of halogens is 1. The summed E-state index contributed by atoms with van der Waals surface area (Å²) in [6.07, 6.45) is 7.16. The zero-order valence-corrected chi connectivity index (χ0v) is 28.3. The van der Waals surface area contributed by atoms with Crippen molar-refractivity contribution in [2.75, 3.05) is 24.3 Å². The van der Waals surface area contributed by atoms with Crippen molar-refractivity contribution < 1.29 is 14.3 Å². The number of amides is 1. The lowest BCUT2D eigenvalue weighted by Crippen LogP contribution is -2.27. The predicted octanol–water partition coefficient (Wildman–Crippen LogP) is 8.28. The third kappa shape index (κ3) is 7.94. The average molecular weight is 675 g/mol. The normalized spacial score (nSPS) is 16.4. The van der Waals surface area contributed by atoms with E-state index in [1.165, 1.54) is 18.8 Å². The highest BCUT2D eigenvalue weighted by Gasteiger charge is 2.32. The topological polar surface area (TPSA) is 135 Å². The number of rotatable bonds is 11. The highest BCUT2D eigenvalue weighted by atomic mass is 35.5. The molecule has 9 nitrogen and oxygen atoms in total. The Labute approximate surface area is 291 Å². The molecule has 10 heteroatoms. The van der Waals surface area contributed by atoms with Gasteiger partial charge in [0.05, 0.1) is 45.5 Å². The molecule has 0 bridgehead atoms. The van der Waals surface area contributed by atoms with Crippen LogP contribution in [0.5, 0.6) is 11.5 Å². The first-order valence-electron chi connectivity index (χ1n) is 16.5. The number of carbonyl (C=O) groups is 1. The van der Waals surface area contributed by atoms with Gasteiger partial charge in [-0.15, -0.1) is 0 Å². The van der Waals surface area contributed by atoms with E-state index in [-0.39, 0.29) is 11.8 Å². The Kier molecular flexibility index (Phi) is 10.6. The third-order valence-electron chi connectivity index (χ3n) is 8.97. The summed E-state index contributed by atoms with van der Waals surface area (Å²) >= 11 is 6.71. The quantitative estimate of drug-likeness (QED) is 0.127. The maximum atomic E-state index is 12.9. The molecule has 2 aliphatic rings. The van der Waals surface area contributed by atoms with Gasteiger partial charge in [0.1, 0.15) is 24.2 Å². The number of ether oxygens (including phenoxy) is 2. The van der Waals surface area contributed by atoms with Gasteiger partial charge in [-0.25, -0.2) is 0 Å². The van der Waals surface area contributed by atoms with E-state index in [2.05, 4.69) is 56.7 Å². The Bertz CT molecular complexity index is 1990. The van der Waals surface area contributed by atoms with Crippen molar-refractivity contribution in [2.24, 2.45) is 17.6 Å². The molecule has 1 amide bonds. The summed E-state index contributed by atoms with van der Waals surface area (Å²) in [6.45, 7) is 2.86. The third-order valence-corrected chi connectivity index (χ3v) is 9.28. The predicted molar refractivity (Wildman–Crippen MR) is 193 cm³/mol. The fourth-order valence-corrected chi connectivity index (χ4v) is 6.17. The zero-order valence-electron chi connectivity index (χ0n) is 27.6. The number of aromatic nitrogens is 2. The van der Waals surface area contributed by atoms with Gasteiger partial charge in [-0.3, -0.25) is 14.8 Å². The van der Waals surface area contributed by atoms with Gasteiger partial charge in [-0.2, -0.15) is 5.26 Å². The van der Waals surface area contributed by atoms with E-state index < -0.39 is 0 Å². The molecule has 49 heavy (non-hydrogen) atoms. The van der Waals surface area contributed by atoms with Gasteiger partial charge >= 0.3 is 0 Å². The number of carbonyl (C=O) groups excluding carboxylic acids is 1. The number of nitrogens with one attached hydrogen (secondary N) is 2. The fraction of sp³-hybridized carbons (Fsp3) is 0.282. The van der Waals surface area contributed by atoms with Gasteiger partial charge in [0.2, 0.25) is 5.91 Å². The number of nitriles is 1. The van der Waals surface area contributed by atoms with Crippen LogP contribution in [0.3, 0.4) is 0 Å². The van der Waals surface area contributed by atoms with Gasteiger partial charge in [-0.05, 0) is 86.9 Å². The minimum Gasteiger partial charge on any atom is -0.491 e. The monoisotopic (exact) mass is 674 g/mol. The van der Waals surface area contributed by atoms with E-state index in [1.807, 2.05) is 49.4 Å². The van der Waals surface area contributed by atoms with Gasteiger partial charge in [0.15, 0.2) is 0 Å². The molecule has 0 unspecified atom stereocenters. The van der Waals surface area contributed by atoms with Crippen LogP contribution < -0.4 is 25.8 Å². The standard InChI is InChI=1S/C38H34ClN5O3.CH5N/c1-23-6-5-13-41-35(23)22-46-29-11-12-32(31(39)16-29)43-37-28(19-40)20-42-33-18-36(34(17-30(33)37)44-38(45)26-9-10-26)47-21-24-14-27(15-24)25-7-3-2-4-8-25;1-2/h2-8,11-13,16-18,20,24,26-27H,9-10,14-15,21-22H2,1H3,(H,42,43)(H,44,45);2H2,1H3. The molecule has 2 heterocycles. The number of anilines is 3. The van der Waals surface area contributed by atoms with Crippen LogP contribution in [0.1, 0.15) is 54.0 Å². The molecule has 0 radical (unpaired) electrons. The van der Waals surface area contributed by atoms with Crippen LogP contribution >= 0.6 is 11.6 Å². The number of hydrogen-bond acceptors (Lipinski definition) is 8. The molecule has 2 fully saturated rings. The number of hydrogen-bond donors (Lipinski definition) is 3. The van der Waals surface area contributed by atoms with Crippen LogP contribution in [0.2, 0.25) is 5.02 Å². The lowest BCUT2D eigenvalue weighted by Gasteiger charge is -2.35. The smallest absolute Gasteiger partial charge is 0.227 e. The van der Waals surface area contributed by atoms with E-state index in [0.29, 0.717) is 75.1 Å². The van der Waals surface area contributed by atoms with E-state index in [1.54, 1.807) is 12.3 Å². The average Bonchev–Trinajstić information content (AvgIpc) is 3.96. The first-order chi connectivity index (χ1) is 23.9. The number of nitrogens with zero attached hydrogens (tertiary/aromatic N) is 3. The second kappa shape index (κ2) is 15.4. The minimum atomic E-state index is -0.0274. The zero-order chi connectivity index (χ0) is 34.3. The Hall–Kier alpha value is -5.17. The molecule has 0 spiro atoms. The van der Waals surface area contributed by atoms with Crippen LogP contribution in [-0.4, -0.2) is 29.5 Å². The summed E-state index contributed by atoms with van der Waals surface area (Å²) in [5, 5.41) is 17.5. The van der Waals surface area contributed by atoms with Crippen molar-refractivity contribution in [3.05, 3.63) is 113 Å². The van der Waals surface area contributed by atoms with E-state index in [4.69, 9.17) is 21.1 Å². The molecule has 2 saturated carbocycles. The van der Waals surface area contributed by atoms with Crippen LogP contribution in [0, 0.1) is 30.1 Å². The number of fused-ring (bicyclic) bond motifs is 1. The van der Waals surface area contributed by atoms with Crippen LogP contribution in [0.4, 0.5) is 17.1 Å². The van der Waals surface area contributed by atoms with Crippen LogP contribution in [0.15, 0.2) is 85.2 Å². The maximum absolute atomic E-state index is 12.9. The summed E-state index contributed by atoms with van der Waals surface area (Å²) in [5.74, 6) is 2.13. The van der Waals surface area contributed by atoms with Crippen molar-refractivity contribution in [1.82, 2.24) is 9.97 Å².